The summed E-state index contributed by atoms with van der Waals surface area (Å²) in [7, 11) is 0. The minimum Gasteiger partial charge on any atom is -0.378 e. The van der Waals surface area contributed by atoms with Crippen molar-refractivity contribution in [3.8, 4) is 0 Å². The lowest BCUT2D eigenvalue weighted by Gasteiger charge is -2.32. The van der Waals surface area contributed by atoms with Crippen LogP contribution in [0.25, 0.3) is 0 Å². The summed E-state index contributed by atoms with van der Waals surface area (Å²) in [6, 6.07) is 0.535. The van der Waals surface area contributed by atoms with E-state index in [2.05, 4.69) is 17.6 Å². The lowest BCUT2D eigenvalue weighted by molar-refractivity contribution is -0.123. The van der Waals surface area contributed by atoms with Crippen LogP contribution in [-0.4, -0.2) is 37.7 Å². The molecule has 4 nitrogen and oxygen atoms in total. The maximum atomic E-state index is 11.8. The lowest BCUT2D eigenvalue weighted by atomic mass is 9.80. The molecule has 2 atom stereocenters. The molecule has 92 valence electrons. The number of ether oxygens (including phenoxy) is 1. The highest BCUT2D eigenvalue weighted by Crippen LogP contribution is 2.29. The van der Waals surface area contributed by atoms with Crippen molar-refractivity contribution in [1.82, 2.24) is 10.6 Å². The fourth-order valence-corrected chi connectivity index (χ4v) is 2.35. The van der Waals surface area contributed by atoms with Crippen molar-refractivity contribution < 1.29 is 9.53 Å². The van der Waals surface area contributed by atoms with Gasteiger partial charge in [-0.1, -0.05) is 6.42 Å². The Bertz CT molecular complexity index is 229. The zero-order chi connectivity index (χ0) is 11.4. The molecule has 2 aliphatic rings. The van der Waals surface area contributed by atoms with Gasteiger partial charge >= 0.3 is 0 Å². The van der Waals surface area contributed by atoms with Gasteiger partial charge in [0, 0.05) is 25.0 Å². The monoisotopic (exact) mass is 226 g/mol. The zero-order valence-corrected chi connectivity index (χ0v) is 10.00. The molecule has 2 fully saturated rings. The first-order valence-electron chi connectivity index (χ1n) is 6.36. The molecule has 1 heterocycles. The van der Waals surface area contributed by atoms with Crippen molar-refractivity contribution >= 4 is 5.91 Å². The highest BCUT2D eigenvalue weighted by Gasteiger charge is 2.25. The van der Waals surface area contributed by atoms with Crippen LogP contribution < -0.4 is 10.6 Å². The normalized spacial score (nSPS) is 28.2. The predicted octanol–water partition coefficient (Wildman–Crippen LogP) is 0.670. The molecule has 1 aliphatic carbocycles. The van der Waals surface area contributed by atoms with Crippen molar-refractivity contribution in [3.05, 3.63) is 0 Å². The Morgan fingerprint density at radius 3 is 2.94 bits per heavy atom. The Morgan fingerprint density at radius 2 is 2.38 bits per heavy atom. The molecule has 2 N–H and O–H groups in total. The van der Waals surface area contributed by atoms with E-state index in [9.17, 15) is 4.79 Å². The van der Waals surface area contributed by atoms with E-state index in [1.54, 1.807) is 0 Å². The van der Waals surface area contributed by atoms with E-state index in [4.69, 9.17) is 4.74 Å². The largest absolute Gasteiger partial charge is 0.378 e. The minimum atomic E-state index is 0.155. The molecule has 4 heteroatoms. The van der Waals surface area contributed by atoms with Crippen LogP contribution >= 0.6 is 0 Å². The number of carbonyl (C=O) groups excluding carboxylic acids is 1. The number of amides is 1. The lowest BCUT2D eigenvalue weighted by Crippen LogP contribution is -2.47. The Morgan fingerprint density at radius 1 is 1.56 bits per heavy atom. The quantitative estimate of drug-likeness (QED) is 0.741. The number of morpholine rings is 1. The fraction of sp³-hybridized carbons (Fsp3) is 0.917. The van der Waals surface area contributed by atoms with E-state index in [1.807, 2.05) is 0 Å². The van der Waals surface area contributed by atoms with Gasteiger partial charge in [0.1, 0.15) is 0 Å². The average molecular weight is 226 g/mol. The molecule has 1 aliphatic heterocycles. The second kappa shape index (κ2) is 5.64. The van der Waals surface area contributed by atoms with E-state index < -0.39 is 0 Å². The molecule has 2 rings (SSSR count). The smallest absolute Gasteiger partial charge is 0.221 e. The zero-order valence-electron chi connectivity index (χ0n) is 10.00. The van der Waals surface area contributed by atoms with Crippen LogP contribution in [0.4, 0.5) is 0 Å². The first-order chi connectivity index (χ1) is 7.75. The number of hydrogen-bond donors (Lipinski definition) is 2. The third kappa shape index (κ3) is 3.19. The molecule has 1 amide bonds. The molecule has 0 radical (unpaired) electrons. The maximum Gasteiger partial charge on any atom is 0.221 e. The van der Waals surface area contributed by atoms with E-state index in [1.165, 1.54) is 19.3 Å². The molecule has 1 saturated carbocycles. The van der Waals surface area contributed by atoms with E-state index in [0.29, 0.717) is 25.0 Å². The number of hydrogen-bond acceptors (Lipinski definition) is 3. The summed E-state index contributed by atoms with van der Waals surface area (Å²) in [5.41, 5.74) is 0. The molecule has 0 aromatic heterocycles. The first-order valence-corrected chi connectivity index (χ1v) is 6.36. The van der Waals surface area contributed by atoms with Crippen LogP contribution in [0, 0.1) is 5.92 Å². The van der Waals surface area contributed by atoms with Crippen molar-refractivity contribution in [3.63, 3.8) is 0 Å². The number of carbonyl (C=O) groups is 1. The number of rotatable bonds is 4. The van der Waals surface area contributed by atoms with Crippen LogP contribution in [0.3, 0.4) is 0 Å². The Hall–Kier alpha value is -0.610. The second-order valence-electron chi connectivity index (χ2n) is 4.98. The highest BCUT2D eigenvalue weighted by atomic mass is 16.5. The van der Waals surface area contributed by atoms with Crippen LogP contribution in [-0.2, 0) is 9.53 Å². The van der Waals surface area contributed by atoms with Gasteiger partial charge in [-0.05, 0) is 25.7 Å². The van der Waals surface area contributed by atoms with Gasteiger partial charge in [-0.2, -0.15) is 0 Å². The van der Waals surface area contributed by atoms with E-state index in [-0.39, 0.29) is 11.9 Å². The Balaban J connectivity index is 1.66. The molecule has 16 heavy (non-hydrogen) atoms. The molecule has 1 saturated heterocycles. The Kier molecular flexibility index (Phi) is 4.18. The van der Waals surface area contributed by atoms with Crippen molar-refractivity contribution in [2.45, 2.75) is 44.7 Å². The molecule has 0 aromatic carbocycles. The summed E-state index contributed by atoms with van der Waals surface area (Å²) in [5.74, 6) is 0.863. The van der Waals surface area contributed by atoms with Gasteiger partial charge in [-0.25, -0.2) is 0 Å². The highest BCUT2D eigenvalue weighted by molar-refractivity contribution is 5.76. The molecule has 2 unspecified atom stereocenters. The predicted molar refractivity (Wildman–Crippen MR) is 62.2 cm³/mol. The van der Waals surface area contributed by atoms with E-state index in [0.717, 1.165) is 13.2 Å². The molecular weight excluding hydrogens is 204 g/mol. The summed E-state index contributed by atoms with van der Waals surface area (Å²) >= 11 is 0. The van der Waals surface area contributed by atoms with Crippen LogP contribution in [0.15, 0.2) is 0 Å². The molecule has 0 bridgehead atoms. The van der Waals surface area contributed by atoms with Gasteiger partial charge in [0.15, 0.2) is 0 Å². The fourth-order valence-electron chi connectivity index (χ4n) is 2.35. The van der Waals surface area contributed by atoms with Crippen LogP contribution in [0.2, 0.25) is 0 Å². The van der Waals surface area contributed by atoms with Crippen molar-refractivity contribution in [2.75, 3.05) is 19.8 Å². The summed E-state index contributed by atoms with van der Waals surface area (Å²) in [6.45, 7) is 4.39. The molecular formula is C12H22N2O2. The van der Waals surface area contributed by atoms with Crippen molar-refractivity contribution in [2.24, 2.45) is 5.92 Å². The van der Waals surface area contributed by atoms with Gasteiger partial charge in [0.05, 0.1) is 13.2 Å². The third-order valence-corrected chi connectivity index (χ3v) is 3.68. The standard InChI is InChI=1S/C12H22N2O2/c1-9(10-3-2-4-10)14-12(15)7-11-8-16-6-5-13-11/h9-11,13H,2-8H2,1H3,(H,14,15). The number of nitrogens with one attached hydrogen (secondary N) is 2. The average Bonchev–Trinajstić information content (AvgIpc) is 2.15. The van der Waals surface area contributed by atoms with Gasteiger partial charge in [-0.15, -0.1) is 0 Å². The topological polar surface area (TPSA) is 50.4 Å². The minimum absolute atomic E-state index is 0.155. The van der Waals surface area contributed by atoms with E-state index >= 15 is 0 Å². The maximum absolute atomic E-state index is 11.8. The first kappa shape index (κ1) is 11.9. The van der Waals surface area contributed by atoms with Crippen LogP contribution in [0.5, 0.6) is 0 Å². The summed E-state index contributed by atoms with van der Waals surface area (Å²) in [6.07, 6.45) is 4.40. The SMILES string of the molecule is CC(NC(=O)CC1COCCN1)C1CCC1. The Labute approximate surface area is 97.1 Å². The molecule has 0 aromatic rings. The molecule has 0 spiro atoms. The summed E-state index contributed by atoms with van der Waals surface area (Å²) in [5, 5.41) is 6.39. The third-order valence-electron chi connectivity index (χ3n) is 3.68. The van der Waals surface area contributed by atoms with Gasteiger partial charge in [0.2, 0.25) is 5.91 Å². The summed E-state index contributed by atoms with van der Waals surface area (Å²) < 4.78 is 5.33. The summed E-state index contributed by atoms with van der Waals surface area (Å²) in [4.78, 5) is 11.8. The van der Waals surface area contributed by atoms with Crippen LogP contribution in [0.1, 0.15) is 32.6 Å². The van der Waals surface area contributed by atoms with Gasteiger partial charge in [0.25, 0.3) is 0 Å². The second-order valence-corrected chi connectivity index (χ2v) is 4.98. The van der Waals surface area contributed by atoms with Crippen molar-refractivity contribution in [1.29, 1.82) is 0 Å². The van der Waals surface area contributed by atoms with Gasteiger partial charge in [-0.3, -0.25) is 4.79 Å². The van der Waals surface area contributed by atoms with Gasteiger partial charge < -0.3 is 15.4 Å².